The number of ether oxygens (including phenoxy) is 1. The number of aryl methyl sites for hydroxylation is 1. The summed E-state index contributed by atoms with van der Waals surface area (Å²) in [6, 6.07) is 19.9. The van der Waals surface area contributed by atoms with E-state index in [1.54, 1.807) is 22.8 Å². The number of rotatable bonds is 10. The number of hydrogen-bond donors (Lipinski definition) is 1. The summed E-state index contributed by atoms with van der Waals surface area (Å²) < 4.78 is 35.9. The first kappa shape index (κ1) is 24.5. The number of aromatic nitrogens is 1. The van der Waals surface area contributed by atoms with E-state index in [0.29, 0.717) is 41.4 Å². The molecule has 1 heterocycles. The Balaban J connectivity index is 1.42. The van der Waals surface area contributed by atoms with Crippen molar-refractivity contribution in [2.45, 2.75) is 31.2 Å². The smallest absolute Gasteiger partial charge is 0.308 e. The predicted octanol–water partition coefficient (Wildman–Crippen LogP) is 5.07. The van der Waals surface area contributed by atoms with Crippen LogP contribution in [0, 0.1) is 0 Å². The Kier molecular flexibility index (Phi) is 7.73. The molecule has 34 heavy (non-hydrogen) atoms. The Morgan fingerprint density at radius 1 is 1.06 bits per heavy atom. The molecule has 0 amide bonds. The van der Waals surface area contributed by atoms with E-state index in [-0.39, 0.29) is 9.77 Å². The molecule has 6 nitrogen and oxygen atoms in total. The Hall–Kier alpha value is -2.65. The highest BCUT2D eigenvalue weighted by Gasteiger charge is 2.17. The zero-order chi connectivity index (χ0) is 24.1. The molecule has 0 aliphatic carbocycles. The van der Waals surface area contributed by atoms with Crippen molar-refractivity contribution in [1.29, 1.82) is 0 Å². The molecule has 0 bridgehead atoms. The molecule has 0 aliphatic heterocycles. The Morgan fingerprint density at radius 3 is 2.56 bits per heavy atom. The summed E-state index contributed by atoms with van der Waals surface area (Å²) in [5.74, 6) is 0.824. The Bertz CT molecular complexity index is 1440. The second-order valence-electron chi connectivity index (χ2n) is 7.75. The third kappa shape index (κ3) is 5.70. The third-order valence-corrected chi connectivity index (χ3v) is 8.17. The van der Waals surface area contributed by atoms with Crippen molar-refractivity contribution in [2.75, 3.05) is 13.2 Å². The van der Waals surface area contributed by atoms with Crippen LogP contribution in [0.4, 0.5) is 0 Å². The number of nitrogens with zero attached hydrogens (tertiary/aromatic N) is 1. The lowest BCUT2D eigenvalue weighted by molar-refractivity contribution is 0.340. The van der Waals surface area contributed by atoms with Gasteiger partial charge in [-0.05, 0) is 67.3 Å². The van der Waals surface area contributed by atoms with E-state index in [4.69, 9.17) is 16.3 Å². The summed E-state index contributed by atoms with van der Waals surface area (Å²) in [7, 11) is -3.69. The van der Waals surface area contributed by atoms with Gasteiger partial charge in [0.05, 0.1) is 28.3 Å². The van der Waals surface area contributed by atoms with Gasteiger partial charge in [0.25, 0.3) is 0 Å². The lowest BCUT2D eigenvalue weighted by Gasteiger charge is -2.09. The molecule has 9 heteroatoms. The van der Waals surface area contributed by atoms with Crippen molar-refractivity contribution < 1.29 is 13.2 Å². The monoisotopic (exact) mass is 516 g/mol. The van der Waals surface area contributed by atoms with Crippen molar-refractivity contribution >= 4 is 43.2 Å². The topological polar surface area (TPSA) is 77.4 Å². The maximum atomic E-state index is 12.8. The summed E-state index contributed by atoms with van der Waals surface area (Å²) >= 11 is 7.27. The van der Waals surface area contributed by atoms with Gasteiger partial charge in [-0.1, -0.05) is 53.3 Å². The maximum Gasteiger partial charge on any atom is 0.308 e. The number of fused-ring (bicyclic) bond motifs is 1. The van der Waals surface area contributed by atoms with E-state index < -0.39 is 10.0 Å². The second kappa shape index (κ2) is 10.7. The molecule has 1 aromatic heterocycles. The fourth-order valence-electron chi connectivity index (χ4n) is 3.66. The zero-order valence-electron chi connectivity index (χ0n) is 18.7. The molecule has 4 aromatic rings. The van der Waals surface area contributed by atoms with Crippen molar-refractivity contribution in [3.8, 4) is 5.75 Å². The summed E-state index contributed by atoms with van der Waals surface area (Å²) in [5.41, 5.74) is 2.63. The molecular weight excluding hydrogens is 492 g/mol. The minimum atomic E-state index is -3.69. The zero-order valence-corrected chi connectivity index (χ0v) is 21.0. The molecule has 0 saturated heterocycles. The van der Waals surface area contributed by atoms with Crippen LogP contribution in [0.3, 0.4) is 0 Å². The van der Waals surface area contributed by atoms with Crippen molar-refractivity contribution in [3.63, 3.8) is 0 Å². The molecule has 0 unspecified atom stereocenters. The second-order valence-corrected chi connectivity index (χ2v) is 10.9. The van der Waals surface area contributed by atoms with E-state index in [1.807, 2.05) is 49.4 Å². The van der Waals surface area contributed by atoms with Crippen LogP contribution in [0.25, 0.3) is 10.2 Å². The van der Waals surface area contributed by atoms with Crippen LogP contribution in [0.5, 0.6) is 5.75 Å². The van der Waals surface area contributed by atoms with Crippen LogP contribution < -0.4 is 14.3 Å². The number of sulfonamides is 1. The molecule has 0 atom stereocenters. The van der Waals surface area contributed by atoms with Gasteiger partial charge in [-0.15, -0.1) is 0 Å². The van der Waals surface area contributed by atoms with Crippen LogP contribution in [0.1, 0.15) is 24.5 Å². The minimum Gasteiger partial charge on any atom is -0.494 e. The van der Waals surface area contributed by atoms with Gasteiger partial charge >= 0.3 is 4.87 Å². The van der Waals surface area contributed by atoms with Crippen LogP contribution in [-0.2, 0) is 23.0 Å². The summed E-state index contributed by atoms with van der Waals surface area (Å²) in [5, 5.41) is 0.586. The van der Waals surface area contributed by atoms with Crippen LogP contribution >= 0.6 is 22.9 Å². The highest BCUT2D eigenvalue weighted by atomic mass is 35.5. The highest BCUT2D eigenvalue weighted by molar-refractivity contribution is 7.89. The van der Waals surface area contributed by atoms with Gasteiger partial charge in [-0.3, -0.25) is 9.36 Å². The maximum absolute atomic E-state index is 12.8. The number of nitrogens with one attached hydrogen (secondary N) is 1. The van der Waals surface area contributed by atoms with E-state index in [9.17, 15) is 13.2 Å². The molecule has 0 fully saturated rings. The normalized spacial score (nSPS) is 11.7. The lowest BCUT2D eigenvalue weighted by atomic mass is 10.1. The lowest BCUT2D eigenvalue weighted by Crippen LogP contribution is -2.25. The predicted molar refractivity (Wildman–Crippen MR) is 138 cm³/mol. The molecule has 178 valence electrons. The van der Waals surface area contributed by atoms with Crippen LogP contribution in [0.15, 0.2) is 76.4 Å². The quantitative estimate of drug-likeness (QED) is 0.298. The molecule has 1 N–H and O–H groups in total. The summed E-state index contributed by atoms with van der Waals surface area (Å²) in [4.78, 5) is 12.6. The first-order valence-electron chi connectivity index (χ1n) is 11.0. The molecule has 0 radical (unpaired) electrons. The third-order valence-electron chi connectivity index (χ3n) is 5.40. The molecule has 0 saturated carbocycles. The standard InChI is InChI=1S/C25H25ClN2O4S2/c1-2-32-20-11-9-18(10-12-20)6-5-15-27-34(30,31)21-13-14-23-24(16-21)33-25(29)28(23)17-19-7-3-4-8-22(19)26/h3-4,7-14,16,27H,2,5-6,15,17H2,1H3. The first-order chi connectivity index (χ1) is 16.4. The van der Waals surface area contributed by atoms with Gasteiger partial charge in [-0.2, -0.15) is 0 Å². The fraction of sp³-hybridized carbons (Fsp3) is 0.240. The van der Waals surface area contributed by atoms with Crippen molar-refractivity contribution in [3.05, 3.63) is 92.5 Å². The number of hydrogen-bond acceptors (Lipinski definition) is 5. The fourth-order valence-corrected chi connectivity index (χ4v) is 5.96. The summed E-state index contributed by atoms with van der Waals surface area (Å²) in [6.45, 7) is 3.20. The molecule has 4 rings (SSSR count). The van der Waals surface area contributed by atoms with Crippen molar-refractivity contribution in [2.24, 2.45) is 0 Å². The number of thiazole rings is 1. The minimum absolute atomic E-state index is 0.146. The Morgan fingerprint density at radius 2 is 1.82 bits per heavy atom. The van der Waals surface area contributed by atoms with Crippen molar-refractivity contribution in [1.82, 2.24) is 9.29 Å². The van der Waals surface area contributed by atoms with E-state index in [2.05, 4.69) is 4.72 Å². The van der Waals surface area contributed by atoms with Gasteiger partial charge < -0.3 is 4.74 Å². The average Bonchev–Trinajstić information content (AvgIpc) is 3.13. The molecule has 0 aliphatic rings. The Labute approximate surface area is 207 Å². The van der Waals surface area contributed by atoms with Gasteiger partial charge in [0.2, 0.25) is 10.0 Å². The number of halogens is 1. The van der Waals surface area contributed by atoms with Crippen LogP contribution in [-0.4, -0.2) is 26.1 Å². The first-order valence-corrected chi connectivity index (χ1v) is 13.6. The summed E-state index contributed by atoms with van der Waals surface area (Å²) in [6.07, 6.45) is 1.41. The molecular formula is C25H25ClN2O4S2. The van der Waals surface area contributed by atoms with Gasteiger partial charge in [0.1, 0.15) is 5.75 Å². The van der Waals surface area contributed by atoms with E-state index >= 15 is 0 Å². The van der Waals surface area contributed by atoms with Gasteiger partial charge in [-0.25, -0.2) is 13.1 Å². The highest BCUT2D eigenvalue weighted by Crippen LogP contribution is 2.24. The molecule has 3 aromatic carbocycles. The van der Waals surface area contributed by atoms with E-state index in [1.165, 1.54) is 6.07 Å². The van der Waals surface area contributed by atoms with Gasteiger partial charge in [0.15, 0.2) is 0 Å². The SMILES string of the molecule is CCOc1ccc(CCCNS(=O)(=O)c2ccc3c(c2)sc(=O)n3Cc2ccccc2Cl)cc1. The number of benzene rings is 3. The van der Waals surface area contributed by atoms with E-state index in [0.717, 1.165) is 34.6 Å². The van der Waals surface area contributed by atoms with Crippen LogP contribution in [0.2, 0.25) is 5.02 Å². The van der Waals surface area contributed by atoms with Gasteiger partial charge in [0, 0.05) is 11.6 Å². The molecule has 0 spiro atoms. The average molecular weight is 517 g/mol. The largest absolute Gasteiger partial charge is 0.494 e.